The van der Waals surface area contributed by atoms with Gasteiger partial charge in [0.15, 0.2) is 6.29 Å². The number of aldehydes is 1. The summed E-state index contributed by atoms with van der Waals surface area (Å²) in [6.07, 6.45) is 0.705. The van der Waals surface area contributed by atoms with Crippen molar-refractivity contribution in [2.45, 2.75) is 25.4 Å². The van der Waals surface area contributed by atoms with Gasteiger partial charge >= 0.3 is 12.0 Å². The maximum Gasteiger partial charge on any atom is 0.323 e. The minimum absolute atomic E-state index is 0.0153. The average Bonchev–Trinajstić information content (AvgIpc) is 3.01. The minimum Gasteiger partial charge on any atom is -0.480 e. The highest BCUT2D eigenvalue weighted by Crippen LogP contribution is 2.44. The monoisotopic (exact) mass is 509 g/mol. The predicted octanol–water partition coefficient (Wildman–Crippen LogP) is 3.92. The summed E-state index contributed by atoms with van der Waals surface area (Å²) in [5.41, 5.74) is -1.72. The Morgan fingerprint density at radius 3 is 2.44 bits per heavy atom. The van der Waals surface area contributed by atoms with E-state index in [9.17, 15) is 28.7 Å². The highest BCUT2D eigenvalue weighted by Gasteiger charge is 2.57. The summed E-state index contributed by atoms with van der Waals surface area (Å²) in [6.45, 7) is 0.845. The Morgan fingerprint density at radius 1 is 1.18 bits per heavy atom. The van der Waals surface area contributed by atoms with Crippen LogP contribution in [-0.4, -0.2) is 59.2 Å². The Hall–Kier alpha value is -3.17. The molecule has 34 heavy (non-hydrogen) atoms. The third-order valence-electron chi connectivity index (χ3n) is 5.54. The SMILES string of the molecule is CCCN(C(=O)N(C)Cc1cc(Cl)ccc1F)[C@@]1(C=O)C(=O)N(CC(=O)O)c2ccc(Cl)cc21. The van der Waals surface area contributed by atoms with Crippen molar-refractivity contribution in [3.8, 4) is 0 Å². The maximum absolute atomic E-state index is 14.3. The number of amides is 3. The fraction of sp³-hybridized carbons (Fsp3) is 0.304. The van der Waals surface area contributed by atoms with Crippen LogP contribution in [0.5, 0.6) is 0 Å². The number of halogens is 3. The van der Waals surface area contributed by atoms with E-state index in [0.29, 0.717) is 12.7 Å². The molecule has 0 aliphatic carbocycles. The largest absolute Gasteiger partial charge is 0.480 e. The average molecular weight is 510 g/mol. The first-order valence-corrected chi connectivity index (χ1v) is 11.1. The van der Waals surface area contributed by atoms with Crippen molar-refractivity contribution >= 4 is 53.1 Å². The van der Waals surface area contributed by atoms with Crippen LogP contribution in [0, 0.1) is 5.82 Å². The van der Waals surface area contributed by atoms with Gasteiger partial charge in [0.25, 0.3) is 5.91 Å². The first-order chi connectivity index (χ1) is 16.1. The number of fused-ring (bicyclic) bond motifs is 1. The number of hydrogen-bond donors (Lipinski definition) is 1. The number of urea groups is 1. The molecule has 3 amide bonds. The van der Waals surface area contributed by atoms with Gasteiger partial charge in [-0.15, -0.1) is 0 Å². The second kappa shape index (κ2) is 9.99. The number of carbonyl (C=O) groups excluding carboxylic acids is 3. The van der Waals surface area contributed by atoms with Gasteiger partial charge in [-0.25, -0.2) is 9.18 Å². The van der Waals surface area contributed by atoms with Crippen LogP contribution in [0.15, 0.2) is 36.4 Å². The summed E-state index contributed by atoms with van der Waals surface area (Å²) in [4.78, 5) is 54.4. The highest BCUT2D eigenvalue weighted by molar-refractivity contribution is 6.31. The fourth-order valence-electron chi connectivity index (χ4n) is 4.05. The van der Waals surface area contributed by atoms with E-state index >= 15 is 0 Å². The molecule has 1 atom stereocenters. The van der Waals surface area contributed by atoms with Crippen LogP contribution >= 0.6 is 23.2 Å². The lowest BCUT2D eigenvalue weighted by atomic mass is 9.90. The van der Waals surface area contributed by atoms with Crippen LogP contribution in [-0.2, 0) is 26.5 Å². The van der Waals surface area contributed by atoms with Crippen LogP contribution < -0.4 is 4.90 Å². The number of aliphatic carboxylic acids is 1. The third kappa shape index (κ3) is 4.45. The second-order valence-corrected chi connectivity index (χ2v) is 8.73. The molecule has 8 nitrogen and oxygen atoms in total. The van der Waals surface area contributed by atoms with E-state index in [2.05, 4.69) is 0 Å². The summed E-state index contributed by atoms with van der Waals surface area (Å²) >= 11 is 12.1. The van der Waals surface area contributed by atoms with Gasteiger partial charge in [0.05, 0.1) is 12.2 Å². The summed E-state index contributed by atoms with van der Waals surface area (Å²) in [5, 5.41) is 9.81. The van der Waals surface area contributed by atoms with E-state index in [1.807, 2.05) is 0 Å². The molecule has 2 aromatic rings. The van der Waals surface area contributed by atoms with Crippen molar-refractivity contribution in [3.63, 3.8) is 0 Å². The standard InChI is InChI=1S/C23H22Cl2FN3O5/c1-3-8-29(22(34)27(2)11-14-9-15(24)4-6-18(14)26)23(13-30)17-10-16(25)5-7-19(17)28(21(23)33)12-20(31)32/h4-7,9-10,13H,3,8,11-12H2,1-2H3,(H,31,32)/t23-/m1/s1. The lowest BCUT2D eigenvalue weighted by Crippen LogP contribution is -2.59. The van der Waals surface area contributed by atoms with E-state index < -0.39 is 35.8 Å². The molecule has 1 N–H and O–H groups in total. The molecule has 0 bridgehead atoms. The molecule has 1 heterocycles. The van der Waals surface area contributed by atoms with Crippen LogP contribution in [0.3, 0.4) is 0 Å². The van der Waals surface area contributed by atoms with Gasteiger partial charge in [-0.05, 0) is 42.8 Å². The highest BCUT2D eigenvalue weighted by atomic mass is 35.5. The number of carboxylic acid groups (broad SMARTS) is 1. The molecule has 180 valence electrons. The van der Waals surface area contributed by atoms with Gasteiger partial charge in [-0.3, -0.25) is 24.2 Å². The molecular weight excluding hydrogens is 488 g/mol. The van der Waals surface area contributed by atoms with Gasteiger partial charge in [-0.2, -0.15) is 0 Å². The van der Waals surface area contributed by atoms with Gasteiger partial charge in [0.1, 0.15) is 12.4 Å². The van der Waals surface area contributed by atoms with Crippen LogP contribution in [0.2, 0.25) is 10.0 Å². The quantitative estimate of drug-likeness (QED) is 0.429. The number of hydrogen-bond acceptors (Lipinski definition) is 4. The minimum atomic E-state index is -2.14. The van der Waals surface area contributed by atoms with E-state index in [4.69, 9.17) is 23.2 Å². The van der Waals surface area contributed by atoms with Gasteiger partial charge in [0, 0.05) is 34.8 Å². The number of benzene rings is 2. The van der Waals surface area contributed by atoms with Crippen molar-refractivity contribution in [1.82, 2.24) is 9.80 Å². The molecule has 11 heteroatoms. The number of anilines is 1. The lowest BCUT2D eigenvalue weighted by Gasteiger charge is -2.38. The fourth-order valence-corrected chi connectivity index (χ4v) is 4.42. The number of rotatable bonds is 8. The van der Waals surface area contributed by atoms with E-state index in [0.717, 1.165) is 14.7 Å². The van der Waals surface area contributed by atoms with E-state index in [1.165, 1.54) is 43.4 Å². The molecule has 0 unspecified atom stereocenters. The normalized spacial score (nSPS) is 16.9. The Morgan fingerprint density at radius 2 is 1.82 bits per heavy atom. The summed E-state index contributed by atoms with van der Waals surface area (Å²) in [7, 11) is 1.40. The molecule has 0 saturated carbocycles. The zero-order chi connectivity index (χ0) is 25.2. The van der Waals surface area contributed by atoms with Crippen molar-refractivity contribution in [2.24, 2.45) is 0 Å². The molecule has 1 aliphatic heterocycles. The van der Waals surface area contributed by atoms with Crippen LogP contribution in [0.4, 0.5) is 14.9 Å². The number of nitrogens with zero attached hydrogens (tertiary/aromatic N) is 3. The Bertz CT molecular complexity index is 1160. The summed E-state index contributed by atoms with van der Waals surface area (Å²) in [5.74, 6) is -2.75. The van der Waals surface area contributed by atoms with Crippen molar-refractivity contribution < 1.29 is 28.7 Å². The predicted molar refractivity (Wildman–Crippen MR) is 124 cm³/mol. The van der Waals surface area contributed by atoms with Gasteiger partial charge in [-0.1, -0.05) is 30.1 Å². The molecule has 3 rings (SSSR count). The molecule has 0 saturated heterocycles. The maximum atomic E-state index is 14.3. The third-order valence-corrected chi connectivity index (χ3v) is 6.01. The second-order valence-electron chi connectivity index (χ2n) is 7.86. The Labute approximate surface area is 205 Å². The van der Waals surface area contributed by atoms with Crippen LogP contribution in [0.1, 0.15) is 24.5 Å². The molecule has 0 spiro atoms. The van der Waals surface area contributed by atoms with Gasteiger partial charge < -0.3 is 10.0 Å². The number of carboxylic acids is 1. The zero-order valence-corrected chi connectivity index (χ0v) is 19.9. The van der Waals surface area contributed by atoms with Gasteiger partial charge in [0.2, 0.25) is 5.54 Å². The number of carbonyl (C=O) groups is 4. The molecular formula is C23H22Cl2FN3O5. The van der Waals surface area contributed by atoms with Crippen molar-refractivity contribution in [2.75, 3.05) is 25.0 Å². The lowest BCUT2D eigenvalue weighted by molar-refractivity contribution is -0.140. The molecule has 0 fully saturated rings. The van der Waals surface area contributed by atoms with E-state index in [-0.39, 0.29) is 39.9 Å². The molecule has 2 aromatic carbocycles. The zero-order valence-electron chi connectivity index (χ0n) is 18.4. The molecule has 0 aromatic heterocycles. The Kier molecular flexibility index (Phi) is 7.48. The molecule has 1 aliphatic rings. The Balaban J connectivity index is 2.09. The first kappa shape index (κ1) is 25.5. The molecule has 0 radical (unpaired) electrons. The summed E-state index contributed by atoms with van der Waals surface area (Å²) < 4.78 is 14.3. The van der Waals surface area contributed by atoms with E-state index in [1.54, 1.807) is 6.92 Å². The summed E-state index contributed by atoms with van der Waals surface area (Å²) in [6, 6.07) is 7.47. The van der Waals surface area contributed by atoms with Crippen molar-refractivity contribution in [3.05, 3.63) is 63.4 Å². The smallest absolute Gasteiger partial charge is 0.323 e. The topological polar surface area (TPSA) is 98.2 Å². The first-order valence-electron chi connectivity index (χ1n) is 10.3. The van der Waals surface area contributed by atoms with Crippen molar-refractivity contribution in [1.29, 1.82) is 0 Å². The van der Waals surface area contributed by atoms with Crippen LogP contribution in [0.25, 0.3) is 0 Å².